The van der Waals surface area contributed by atoms with Crippen molar-refractivity contribution in [2.75, 3.05) is 0 Å². The number of aromatic amines is 2. The first-order valence-electron chi connectivity index (χ1n) is 6.78. The lowest BCUT2D eigenvalue weighted by Crippen LogP contribution is -2.23. The summed E-state index contributed by atoms with van der Waals surface area (Å²) in [6.07, 6.45) is 1.42. The molecule has 0 saturated carbocycles. The maximum Gasteiger partial charge on any atom is 0.344 e. The van der Waals surface area contributed by atoms with Gasteiger partial charge in [-0.05, 0) is 18.2 Å². The van der Waals surface area contributed by atoms with Gasteiger partial charge in [-0.1, -0.05) is 18.2 Å². The smallest absolute Gasteiger partial charge is 0.344 e. The van der Waals surface area contributed by atoms with E-state index in [1.165, 1.54) is 12.3 Å². The molecule has 7 heteroatoms. The first-order valence-corrected chi connectivity index (χ1v) is 6.78. The van der Waals surface area contributed by atoms with Crippen LogP contribution < -0.4 is 16.9 Å². The van der Waals surface area contributed by atoms with Crippen LogP contribution in [0.4, 0.5) is 0 Å². The highest BCUT2D eigenvalue weighted by Crippen LogP contribution is 2.24. The molecule has 0 bridgehead atoms. The predicted octanol–water partition coefficient (Wildman–Crippen LogP) is 1.38. The number of nitrogens with zero attached hydrogens (tertiary/aromatic N) is 1. The molecule has 4 rings (SSSR count). The van der Waals surface area contributed by atoms with Gasteiger partial charge in [-0.3, -0.25) is 14.8 Å². The summed E-state index contributed by atoms with van der Waals surface area (Å²) in [4.78, 5) is 44.3. The van der Waals surface area contributed by atoms with Crippen molar-refractivity contribution in [3.8, 4) is 11.1 Å². The van der Waals surface area contributed by atoms with Crippen LogP contribution in [0.25, 0.3) is 33.1 Å². The fourth-order valence-corrected chi connectivity index (χ4v) is 2.56. The van der Waals surface area contributed by atoms with Gasteiger partial charge in [0, 0.05) is 17.1 Å². The summed E-state index contributed by atoms with van der Waals surface area (Å²) in [5.41, 5.74) is -0.676. The lowest BCUT2D eigenvalue weighted by molar-refractivity contribution is 0.563. The molecule has 0 fully saturated rings. The van der Waals surface area contributed by atoms with Gasteiger partial charge in [0.05, 0.1) is 10.9 Å². The van der Waals surface area contributed by atoms with Gasteiger partial charge in [0.2, 0.25) is 0 Å². The third-order valence-corrected chi connectivity index (χ3v) is 3.57. The minimum absolute atomic E-state index is 0.115. The van der Waals surface area contributed by atoms with Crippen molar-refractivity contribution in [1.82, 2.24) is 15.0 Å². The zero-order valence-corrected chi connectivity index (χ0v) is 11.6. The largest absolute Gasteiger partial charge is 0.422 e. The molecule has 0 radical (unpaired) electrons. The summed E-state index contributed by atoms with van der Waals surface area (Å²) >= 11 is 0. The van der Waals surface area contributed by atoms with Crippen LogP contribution in [0.15, 0.2) is 61.4 Å². The standard InChI is InChI=1S/C16H9N3O4/c20-14-12-9(5-6-17-13(12)18-16(22)19-14)10-7-8-3-1-2-4-11(8)23-15(10)21/h1-7H,(H2,17,18,19,20,22). The van der Waals surface area contributed by atoms with Gasteiger partial charge in [0.1, 0.15) is 11.2 Å². The fourth-order valence-electron chi connectivity index (χ4n) is 2.56. The van der Waals surface area contributed by atoms with E-state index in [-0.39, 0.29) is 16.6 Å². The Balaban J connectivity index is 2.15. The average molecular weight is 307 g/mol. The predicted molar refractivity (Wildman–Crippen MR) is 84.5 cm³/mol. The van der Waals surface area contributed by atoms with Crippen molar-refractivity contribution in [1.29, 1.82) is 0 Å². The molecule has 0 spiro atoms. The first-order chi connectivity index (χ1) is 11.1. The van der Waals surface area contributed by atoms with Crippen molar-refractivity contribution in [3.63, 3.8) is 0 Å². The number of rotatable bonds is 1. The molecule has 0 aliphatic heterocycles. The third kappa shape index (κ3) is 2.06. The molecule has 7 nitrogen and oxygen atoms in total. The summed E-state index contributed by atoms with van der Waals surface area (Å²) in [6, 6.07) is 10.3. The minimum atomic E-state index is -0.655. The number of hydrogen-bond acceptors (Lipinski definition) is 5. The van der Waals surface area contributed by atoms with Crippen LogP contribution in [-0.4, -0.2) is 15.0 Å². The fraction of sp³-hybridized carbons (Fsp3) is 0. The van der Waals surface area contributed by atoms with E-state index in [0.29, 0.717) is 11.1 Å². The van der Waals surface area contributed by atoms with Crippen molar-refractivity contribution in [3.05, 3.63) is 73.9 Å². The van der Waals surface area contributed by atoms with E-state index in [1.54, 1.807) is 24.3 Å². The Bertz CT molecular complexity index is 1230. The van der Waals surface area contributed by atoms with Gasteiger partial charge in [0.25, 0.3) is 5.56 Å². The van der Waals surface area contributed by atoms with Crippen LogP contribution in [0, 0.1) is 0 Å². The lowest BCUT2D eigenvalue weighted by Gasteiger charge is -2.05. The number of fused-ring (bicyclic) bond motifs is 2. The van der Waals surface area contributed by atoms with E-state index in [1.807, 2.05) is 6.07 Å². The molecular formula is C16H9N3O4. The lowest BCUT2D eigenvalue weighted by atomic mass is 10.0. The Hall–Kier alpha value is -3.48. The Morgan fingerprint density at radius 2 is 1.78 bits per heavy atom. The highest BCUT2D eigenvalue weighted by Gasteiger charge is 2.14. The maximum absolute atomic E-state index is 12.3. The van der Waals surface area contributed by atoms with Gasteiger partial charge < -0.3 is 4.42 Å². The molecule has 23 heavy (non-hydrogen) atoms. The number of aromatic nitrogens is 3. The molecule has 3 aromatic heterocycles. The summed E-state index contributed by atoms with van der Waals surface area (Å²) < 4.78 is 5.30. The molecule has 4 aromatic rings. The van der Waals surface area contributed by atoms with Crippen LogP contribution >= 0.6 is 0 Å². The zero-order chi connectivity index (χ0) is 16.0. The van der Waals surface area contributed by atoms with Crippen LogP contribution in [-0.2, 0) is 0 Å². The Morgan fingerprint density at radius 3 is 2.65 bits per heavy atom. The molecule has 0 saturated heterocycles. The summed E-state index contributed by atoms with van der Waals surface area (Å²) in [5, 5.41) is 0.864. The SMILES string of the molecule is O=c1[nH]c(=O)c2c(-c3cc4ccccc4oc3=O)ccnc2[nH]1. The van der Waals surface area contributed by atoms with E-state index in [4.69, 9.17) is 4.42 Å². The highest BCUT2D eigenvalue weighted by molar-refractivity contribution is 5.93. The van der Waals surface area contributed by atoms with Crippen molar-refractivity contribution in [2.24, 2.45) is 0 Å². The molecule has 0 unspecified atom stereocenters. The van der Waals surface area contributed by atoms with Gasteiger partial charge in [0.15, 0.2) is 0 Å². The molecule has 112 valence electrons. The monoisotopic (exact) mass is 307 g/mol. The topological polar surface area (TPSA) is 109 Å². The molecule has 0 atom stereocenters. The van der Waals surface area contributed by atoms with Gasteiger partial charge in [-0.15, -0.1) is 0 Å². The second-order valence-corrected chi connectivity index (χ2v) is 4.98. The summed E-state index contributed by atoms with van der Waals surface area (Å²) in [5.74, 6) is 0. The maximum atomic E-state index is 12.3. The molecule has 2 N–H and O–H groups in total. The Labute approximate surface area is 127 Å². The van der Waals surface area contributed by atoms with Crippen LogP contribution in [0.2, 0.25) is 0 Å². The molecule has 1 aromatic carbocycles. The Morgan fingerprint density at radius 1 is 0.957 bits per heavy atom. The molecular weight excluding hydrogens is 298 g/mol. The second kappa shape index (κ2) is 4.77. The van der Waals surface area contributed by atoms with Gasteiger partial charge in [-0.2, -0.15) is 0 Å². The number of pyridine rings is 1. The number of benzene rings is 1. The summed E-state index contributed by atoms with van der Waals surface area (Å²) in [6.45, 7) is 0. The van der Waals surface area contributed by atoms with E-state index in [0.717, 1.165) is 5.39 Å². The van der Waals surface area contributed by atoms with Crippen LogP contribution in [0.3, 0.4) is 0 Å². The molecule has 0 aliphatic carbocycles. The molecule has 0 aliphatic rings. The van der Waals surface area contributed by atoms with E-state index in [9.17, 15) is 14.4 Å². The summed E-state index contributed by atoms with van der Waals surface area (Å²) in [7, 11) is 0. The molecule has 0 amide bonds. The number of hydrogen-bond donors (Lipinski definition) is 2. The molecule has 3 heterocycles. The van der Waals surface area contributed by atoms with Crippen LogP contribution in [0.1, 0.15) is 0 Å². The van der Waals surface area contributed by atoms with Crippen molar-refractivity contribution >= 4 is 22.0 Å². The van der Waals surface area contributed by atoms with Gasteiger partial charge >= 0.3 is 11.3 Å². The van der Waals surface area contributed by atoms with Crippen molar-refractivity contribution in [2.45, 2.75) is 0 Å². The minimum Gasteiger partial charge on any atom is -0.422 e. The zero-order valence-electron chi connectivity index (χ0n) is 11.6. The van der Waals surface area contributed by atoms with Gasteiger partial charge in [-0.25, -0.2) is 14.6 Å². The van der Waals surface area contributed by atoms with E-state index >= 15 is 0 Å². The van der Waals surface area contributed by atoms with E-state index in [2.05, 4.69) is 15.0 Å². The second-order valence-electron chi connectivity index (χ2n) is 4.98. The quantitative estimate of drug-likeness (QED) is 0.516. The number of H-pyrrole nitrogens is 2. The highest BCUT2D eigenvalue weighted by atomic mass is 16.4. The van der Waals surface area contributed by atoms with E-state index < -0.39 is 16.9 Å². The average Bonchev–Trinajstić information content (AvgIpc) is 2.53. The van der Waals surface area contributed by atoms with Crippen molar-refractivity contribution < 1.29 is 4.42 Å². The number of para-hydroxylation sites is 1. The Kier molecular flexibility index (Phi) is 2.74. The van der Waals surface area contributed by atoms with Crippen LogP contribution in [0.5, 0.6) is 0 Å². The normalized spacial score (nSPS) is 11.1. The number of nitrogens with one attached hydrogen (secondary N) is 2. The third-order valence-electron chi connectivity index (χ3n) is 3.57. The first kappa shape index (κ1) is 13.2.